The SMILES string of the molecule is Cc1c(C(=O)CC(C(=O)O)c2c(C)n(C)c3ccccc23)c2ccccc2n1C. The molecule has 1 atom stereocenters. The number of aromatic nitrogens is 2. The summed E-state index contributed by atoms with van der Waals surface area (Å²) in [5.74, 6) is -2.01. The zero-order chi connectivity index (χ0) is 20.9. The number of carboxylic acids is 1. The third-order valence-corrected chi connectivity index (χ3v) is 6.16. The van der Waals surface area contributed by atoms with Gasteiger partial charge in [-0.05, 0) is 31.5 Å². The monoisotopic (exact) mass is 388 g/mol. The Morgan fingerprint density at radius 2 is 1.38 bits per heavy atom. The van der Waals surface area contributed by atoms with Crippen LogP contribution in [0.25, 0.3) is 21.8 Å². The maximum absolute atomic E-state index is 13.4. The van der Waals surface area contributed by atoms with Crippen LogP contribution in [0.1, 0.15) is 39.6 Å². The number of carbonyl (C=O) groups excluding carboxylic acids is 1. The van der Waals surface area contributed by atoms with Gasteiger partial charge in [0, 0.05) is 59.3 Å². The number of hydrogen-bond acceptors (Lipinski definition) is 2. The molecule has 0 aliphatic heterocycles. The minimum atomic E-state index is -0.976. The standard InChI is InChI=1S/C24H24N2O3/c1-14-22(16-9-5-7-11-19(16)25(14)3)18(24(28)29)13-21(27)23-15(2)26(4)20-12-8-6-10-17(20)23/h5-12,18H,13H2,1-4H3,(H,28,29). The fourth-order valence-corrected chi connectivity index (χ4v) is 4.46. The van der Waals surface area contributed by atoms with Crippen molar-refractivity contribution in [1.82, 2.24) is 9.13 Å². The van der Waals surface area contributed by atoms with E-state index < -0.39 is 11.9 Å². The van der Waals surface area contributed by atoms with Crippen molar-refractivity contribution in [3.05, 3.63) is 71.0 Å². The third kappa shape index (κ3) is 2.85. The Balaban J connectivity index is 1.83. The van der Waals surface area contributed by atoms with E-state index in [4.69, 9.17) is 0 Å². The summed E-state index contributed by atoms with van der Waals surface area (Å²) in [7, 11) is 3.86. The fourth-order valence-electron chi connectivity index (χ4n) is 4.46. The highest BCUT2D eigenvalue weighted by Gasteiger charge is 2.31. The van der Waals surface area contributed by atoms with Gasteiger partial charge < -0.3 is 14.2 Å². The molecule has 0 bridgehead atoms. The summed E-state index contributed by atoms with van der Waals surface area (Å²) in [6, 6.07) is 15.5. The van der Waals surface area contributed by atoms with E-state index >= 15 is 0 Å². The number of aliphatic carboxylic acids is 1. The number of benzene rings is 2. The van der Waals surface area contributed by atoms with Gasteiger partial charge in [-0.1, -0.05) is 36.4 Å². The second-order valence-electron chi connectivity index (χ2n) is 7.63. The highest BCUT2D eigenvalue weighted by atomic mass is 16.4. The van der Waals surface area contributed by atoms with E-state index in [1.807, 2.05) is 85.6 Å². The van der Waals surface area contributed by atoms with E-state index in [-0.39, 0.29) is 12.2 Å². The molecule has 0 fully saturated rings. The molecule has 5 heteroatoms. The van der Waals surface area contributed by atoms with Crippen molar-refractivity contribution >= 4 is 33.6 Å². The van der Waals surface area contributed by atoms with Gasteiger partial charge in [0.15, 0.2) is 5.78 Å². The van der Waals surface area contributed by atoms with Gasteiger partial charge in [-0.15, -0.1) is 0 Å². The molecular weight excluding hydrogens is 364 g/mol. The molecule has 29 heavy (non-hydrogen) atoms. The number of rotatable bonds is 5. The second kappa shape index (κ2) is 6.92. The number of carbonyl (C=O) groups is 2. The first-order chi connectivity index (χ1) is 13.8. The average Bonchev–Trinajstić information content (AvgIpc) is 3.11. The lowest BCUT2D eigenvalue weighted by Gasteiger charge is -2.13. The summed E-state index contributed by atoms with van der Waals surface area (Å²) < 4.78 is 3.98. The molecule has 0 amide bonds. The minimum Gasteiger partial charge on any atom is -0.481 e. The lowest BCUT2D eigenvalue weighted by molar-refractivity contribution is -0.138. The van der Waals surface area contributed by atoms with Gasteiger partial charge in [0.05, 0.1) is 5.92 Å². The summed E-state index contributed by atoms with van der Waals surface area (Å²) in [6.07, 6.45) is -0.0704. The van der Waals surface area contributed by atoms with Crippen molar-refractivity contribution in [3.63, 3.8) is 0 Å². The maximum atomic E-state index is 13.4. The number of hydrogen-bond donors (Lipinski definition) is 1. The summed E-state index contributed by atoms with van der Waals surface area (Å²) >= 11 is 0. The molecule has 4 rings (SSSR count). The predicted octanol–water partition coefficient (Wildman–Crippen LogP) is 4.73. The zero-order valence-corrected chi connectivity index (χ0v) is 17.1. The molecule has 148 valence electrons. The molecule has 2 aromatic heterocycles. The molecule has 4 aromatic rings. The van der Waals surface area contributed by atoms with Gasteiger partial charge in [-0.25, -0.2) is 0 Å². The number of ketones is 1. The van der Waals surface area contributed by atoms with E-state index in [1.54, 1.807) is 0 Å². The van der Waals surface area contributed by atoms with Gasteiger partial charge >= 0.3 is 5.97 Å². The molecule has 0 aliphatic carbocycles. The van der Waals surface area contributed by atoms with Crippen LogP contribution in [-0.4, -0.2) is 26.0 Å². The van der Waals surface area contributed by atoms with Crippen LogP contribution in [0.2, 0.25) is 0 Å². The van der Waals surface area contributed by atoms with Crippen LogP contribution in [0, 0.1) is 13.8 Å². The number of aryl methyl sites for hydroxylation is 2. The molecule has 0 saturated carbocycles. The first-order valence-corrected chi connectivity index (χ1v) is 9.66. The van der Waals surface area contributed by atoms with Crippen molar-refractivity contribution in [2.24, 2.45) is 14.1 Å². The summed E-state index contributed by atoms with van der Waals surface area (Å²) in [6.45, 7) is 3.82. The molecule has 0 aliphatic rings. The Morgan fingerprint density at radius 1 is 0.862 bits per heavy atom. The van der Waals surface area contributed by atoms with Crippen molar-refractivity contribution in [1.29, 1.82) is 0 Å². The largest absolute Gasteiger partial charge is 0.481 e. The van der Waals surface area contributed by atoms with Crippen molar-refractivity contribution in [2.45, 2.75) is 26.2 Å². The highest BCUT2D eigenvalue weighted by molar-refractivity contribution is 6.11. The van der Waals surface area contributed by atoms with Crippen molar-refractivity contribution in [3.8, 4) is 0 Å². The lowest BCUT2D eigenvalue weighted by atomic mass is 9.89. The first kappa shape index (κ1) is 19.0. The van der Waals surface area contributed by atoms with Gasteiger partial charge in [-0.2, -0.15) is 0 Å². The normalized spacial score (nSPS) is 12.6. The number of para-hydroxylation sites is 2. The molecule has 5 nitrogen and oxygen atoms in total. The van der Waals surface area contributed by atoms with Crippen LogP contribution < -0.4 is 0 Å². The van der Waals surface area contributed by atoms with Crippen LogP contribution in [0.3, 0.4) is 0 Å². The van der Waals surface area contributed by atoms with Crippen LogP contribution in [0.5, 0.6) is 0 Å². The Labute approximate surface area is 169 Å². The third-order valence-electron chi connectivity index (χ3n) is 6.16. The van der Waals surface area contributed by atoms with Crippen molar-refractivity contribution < 1.29 is 14.7 Å². The Kier molecular flexibility index (Phi) is 4.53. The van der Waals surface area contributed by atoms with E-state index in [9.17, 15) is 14.7 Å². The quantitative estimate of drug-likeness (QED) is 0.503. The highest BCUT2D eigenvalue weighted by Crippen LogP contribution is 2.35. The maximum Gasteiger partial charge on any atom is 0.311 e. The number of Topliss-reactive ketones (excluding diaryl/α,β-unsaturated/α-hetero) is 1. The van der Waals surface area contributed by atoms with Crippen molar-refractivity contribution in [2.75, 3.05) is 0 Å². The van der Waals surface area contributed by atoms with Gasteiger partial charge in [-0.3, -0.25) is 9.59 Å². The first-order valence-electron chi connectivity index (χ1n) is 9.66. The van der Waals surface area contributed by atoms with Crippen LogP contribution in [0.4, 0.5) is 0 Å². The summed E-state index contributed by atoms with van der Waals surface area (Å²) in [5.41, 5.74) is 5.02. The van der Waals surface area contributed by atoms with Gasteiger partial charge in [0.25, 0.3) is 0 Å². The Hall–Kier alpha value is -3.34. The van der Waals surface area contributed by atoms with E-state index in [1.165, 1.54) is 0 Å². The van der Waals surface area contributed by atoms with Crippen LogP contribution in [0.15, 0.2) is 48.5 Å². The zero-order valence-electron chi connectivity index (χ0n) is 17.1. The molecule has 1 N–H and O–H groups in total. The van der Waals surface area contributed by atoms with E-state index in [0.29, 0.717) is 5.56 Å². The molecule has 0 saturated heterocycles. The summed E-state index contributed by atoms with van der Waals surface area (Å²) in [4.78, 5) is 25.6. The average molecular weight is 388 g/mol. The number of fused-ring (bicyclic) bond motifs is 2. The fraction of sp³-hybridized carbons (Fsp3) is 0.250. The molecule has 2 aromatic carbocycles. The van der Waals surface area contributed by atoms with Gasteiger partial charge in [0.1, 0.15) is 0 Å². The Morgan fingerprint density at radius 3 is 2.00 bits per heavy atom. The van der Waals surface area contributed by atoms with E-state index in [0.717, 1.165) is 38.8 Å². The lowest BCUT2D eigenvalue weighted by Crippen LogP contribution is -2.18. The molecule has 2 heterocycles. The number of carboxylic acid groups (broad SMARTS) is 1. The molecule has 0 radical (unpaired) electrons. The minimum absolute atomic E-state index is 0.0704. The van der Waals surface area contributed by atoms with Crippen LogP contribution >= 0.6 is 0 Å². The predicted molar refractivity (Wildman–Crippen MR) is 115 cm³/mol. The van der Waals surface area contributed by atoms with Gasteiger partial charge in [0.2, 0.25) is 0 Å². The molecule has 1 unspecified atom stereocenters. The Bertz CT molecular complexity index is 1280. The molecule has 0 spiro atoms. The summed E-state index contributed by atoms with van der Waals surface area (Å²) in [5, 5.41) is 11.8. The topological polar surface area (TPSA) is 64.2 Å². The number of nitrogens with zero attached hydrogens (tertiary/aromatic N) is 2. The second-order valence-corrected chi connectivity index (χ2v) is 7.63. The smallest absolute Gasteiger partial charge is 0.311 e. The molecular formula is C24H24N2O3. The van der Waals surface area contributed by atoms with Crippen LogP contribution in [-0.2, 0) is 18.9 Å². The van der Waals surface area contributed by atoms with E-state index in [2.05, 4.69) is 0 Å².